The van der Waals surface area contributed by atoms with Crippen LogP contribution in [0.2, 0.25) is 0 Å². The number of nitrogens with one attached hydrogen (secondary N) is 2. The van der Waals surface area contributed by atoms with Crippen molar-refractivity contribution in [2.75, 3.05) is 18.1 Å². The van der Waals surface area contributed by atoms with Gasteiger partial charge in [0.25, 0.3) is 5.91 Å². The normalized spacial score (nSPS) is 19.9. The molecule has 0 heterocycles. The predicted octanol–water partition coefficient (Wildman–Crippen LogP) is 2.60. The molecule has 2 unspecified atom stereocenters. The summed E-state index contributed by atoms with van der Waals surface area (Å²) >= 11 is 0. The lowest BCUT2D eigenvalue weighted by molar-refractivity contribution is 0.0963. The van der Waals surface area contributed by atoms with Crippen molar-refractivity contribution >= 4 is 17.3 Å². The summed E-state index contributed by atoms with van der Waals surface area (Å²) < 4.78 is 0. The van der Waals surface area contributed by atoms with Gasteiger partial charge in [-0.05, 0) is 30.2 Å². The van der Waals surface area contributed by atoms with Gasteiger partial charge in [0.2, 0.25) is 0 Å². The van der Waals surface area contributed by atoms with E-state index in [4.69, 9.17) is 5.73 Å². The van der Waals surface area contributed by atoms with Gasteiger partial charge >= 0.3 is 0 Å². The molecule has 1 fully saturated rings. The van der Waals surface area contributed by atoms with Gasteiger partial charge < -0.3 is 16.4 Å². The van der Waals surface area contributed by atoms with E-state index in [1.165, 1.54) is 5.56 Å². The summed E-state index contributed by atoms with van der Waals surface area (Å²) in [5, 5.41) is 6.05. The Kier molecular flexibility index (Phi) is 3.52. The molecule has 3 rings (SSSR count). The summed E-state index contributed by atoms with van der Waals surface area (Å²) in [5.74, 6) is 0.422. The summed E-state index contributed by atoms with van der Waals surface area (Å²) in [6.45, 7) is 0. The third-order valence-corrected chi connectivity index (χ3v) is 3.90. The molecule has 1 amide bonds. The number of anilines is 2. The Morgan fingerprint density at radius 1 is 1.19 bits per heavy atom. The number of carbonyl (C=O) groups is 1. The smallest absolute Gasteiger partial charge is 0.251 e. The maximum absolute atomic E-state index is 11.6. The Hall–Kier alpha value is -2.49. The highest BCUT2D eigenvalue weighted by molar-refractivity contribution is 5.95. The van der Waals surface area contributed by atoms with Gasteiger partial charge in [-0.3, -0.25) is 4.79 Å². The standard InChI is InChI=1S/C17H19N3O/c1-19-17(21)12-7-8-15(14(18)9-12)20-16-10-13(16)11-5-3-2-4-6-11/h2-9,13,16,20H,10,18H2,1H3,(H,19,21). The van der Waals surface area contributed by atoms with Crippen LogP contribution in [-0.4, -0.2) is 19.0 Å². The molecule has 0 aromatic heterocycles. The van der Waals surface area contributed by atoms with E-state index in [9.17, 15) is 4.79 Å². The molecule has 2 aromatic carbocycles. The minimum atomic E-state index is -0.123. The zero-order valence-electron chi connectivity index (χ0n) is 12.0. The number of hydrogen-bond acceptors (Lipinski definition) is 3. The highest BCUT2D eigenvalue weighted by atomic mass is 16.1. The molecule has 0 bridgehead atoms. The third-order valence-electron chi connectivity index (χ3n) is 3.90. The predicted molar refractivity (Wildman–Crippen MR) is 85.5 cm³/mol. The Balaban J connectivity index is 1.68. The van der Waals surface area contributed by atoms with Gasteiger partial charge in [-0.1, -0.05) is 30.3 Å². The molecular weight excluding hydrogens is 262 g/mol. The summed E-state index contributed by atoms with van der Waals surface area (Å²) in [6, 6.07) is 16.3. The molecule has 2 aromatic rings. The summed E-state index contributed by atoms with van der Waals surface area (Å²) in [5.41, 5.74) is 9.47. The molecule has 4 nitrogen and oxygen atoms in total. The fourth-order valence-corrected chi connectivity index (χ4v) is 2.60. The maximum atomic E-state index is 11.6. The van der Waals surface area contributed by atoms with Crippen LogP contribution in [0.25, 0.3) is 0 Å². The van der Waals surface area contributed by atoms with Gasteiger partial charge in [0.1, 0.15) is 0 Å². The zero-order chi connectivity index (χ0) is 14.8. The summed E-state index contributed by atoms with van der Waals surface area (Å²) in [4.78, 5) is 11.6. The van der Waals surface area contributed by atoms with Gasteiger partial charge in [-0.15, -0.1) is 0 Å². The fourth-order valence-electron chi connectivity index (χ4n) is 2.60. The third kappa shape index (κ3) is 2.84. The van der Waals surface area contributed by atoms with Crippen molar-refractivity contribution in [1.29, 1.82) is 0 Å². The van der Waals surface area contributed by atoms with Crippen LogP contribution in [0.3, 0.4) is 0 Å². The first-order chi connectivity index (χ1) is 10.2. The minimum Gasteiger partial charge on any atom is -0.397 e. The maximum Gasteiger partial charge on any atom is 0.251 e. The van der Waals surface area contributed by atoms with Crippen molar-refractivity contribution < 1.29 is 4.79 Å². The van der Waals surface area contributed by atoms with Crippen LogP contribution in [0.4, 0.5) is 11.4 Å². The molecule has 2 atom stereocenters. The number of amides is 1. The average molecular weight is 281 g/mol. The highest BCUT2D eigenvalue weighted by Gasteiger charge is 2.38. The monoisotopic (exact) mass is 281 g/mol. The number of carbonyl (C=O) groups excluding carboxylic acids is 1. The van der Waals surface area contributed by atoms with Gasteiger partial charge in [0.05, 0.1) is 11.4 Å². The van der Waals surface area contributed by atoms with E-state index in [1.807, 2.05) is 12.1 Å². The van der Waals surface area contributed by atoms with Crippen LogP contribution in [-0.2, 0) is 0 Å². The molecule has 1 aliphatic rings. The Morgan fingerprint density at radius 3 is 2.62 bits per heavy atom. The van der Waals surface area contributed by atoms with Crippen molar-refractivity contribution in [2.24, 2.45) is 0 Å². The second-order valence-corrected chi connectivity index (χ2v) is 5.38. The molecule has 0 aliphatic heterocycles. The van der Waals surface area contributed by atoms with Crippen LogP contribution < -0.4 is 16.4 Å². The number of nitrogen functional groups attached to an aromatic ring is 1. The number of hydrogen-bond donors (Lipinski definition) is 3. The largest absolute Gasteiger partial charge is 0.397 e. The van der Waals surface area contributed by atoms with Gasteiger partial charge in [-0.25, -0.2) is 0 Å². The molecule has 21 heavy (non-hydrogen) atoms. The Bertz CT molecular complexity index is 654. The number of benzene rings is 2. The molecule has 4 N–H and O–H groups in total. The molecule has 0 radical (unpaired) electrons. The minimum absolute atomic E-state index is 0.123. The SMILES string of the molecule is CNC(=O)c1ccc(NC2CC2c2ccccc2)c(N)c1. The lowest BCUT2D eigenvalue weighted by Gasteiger charge is -2.10. The second-order valence-electron chi connectivity index (χ2n) is 5.38. The molecule has 1 saturated carbocycles. The first-order valence-electron chi connectivity index (χ1n) is 7.12. The zero-order valence-corrected chi connectivity index (χ0v) is 12.0. The van der Waals surface area contributed by atoms with E-state index in [1.54, 1.807) is 19.2 Å². The molecular formula is C17H19N3O. The lowest BCUT2D eigenvalue weighted by atomic mass is 10.1. The first kappa shape index (κ1) is 13.5. The van der Waals surface area contributed by atoms with E-state index >= 15 is 0 Å². The second kappa shape index (κ2) is 5.48. The first-order valence-corrected chi connectivity index (χ1v) is 7.12. The highest BCUT2D eigenvalue weighted by Crippen LogP contribution is 2.43. The summed E-state index contributed by atoms with van der Waals surface area (Å²) in [6.07, 6.45) is 1.11. The van der Waals surface area contributed by atoms with E-state index in [0.717, 1.165) is 12.1 Å². The number of nitrogens with two attached hydrogens (primary N) is 1. The molecule has 0 spiro atoms. The average Bonchev–Trinajstić information content (AvgIpc) is 3.28. The Labute approximate surface area is 124 Å². The van der Waals surface area contributed by atoms with Crippen LogP contribution >= 0.6 is 0 Å². The van der Waals surface area contributed by atoms with Gasteiger partial charge in [-0.2, -0.15) is 0 Å². The van der Waals surface area contributed by atoms with Crippen molar-refractivity contribution in [2.45, 2.75) is 18.4 Å². The summed E-state index contributed by atoms with van der Waals surface area (Å²) in [7, 11) is 1.61. The van der Waals surface area contributed by atoms with Crippen LogP contribution in [0.1, 0.15) is 28.3 Å². The van der Waals surface area contributed by atoms with E-state index < -0.39 is 0 Å². The van der Waals surface area contributed by atoms with E-state index in [-0.39, 0.29) is 5.91 Å². The fraction of sp³-hybridized carbons (Fsp3) is 0.235. The van der Waals surface area contributed by atoms with Gasteiger partial charge in [0, 0.05) is 24.6 Å². The van der Waals surface area contributed by atoms with E-state index in [2.05, 4.69) is 34.9 Å². The van der Waals surface area contributed by atoms with E-state index in [0.29, 0.717) is 23.2 Å². The van der Waals surface area contributed by atoms with Crippen LogP contribution in [0.5, 0.6) is 0 Å². The number of rotatable bonds is 4. The lowest BCUT2D eigenvalue weighted by Crippen LogP contribution is -2.18. The molecule has 4 heteroatoms. The molecule has 1 aliphatic carbocycles. The Morgan fingerprint density at radius 2 is 1.95 bits per heavy atom. The molecule has 0 saturated heterocycles. The molecule has 108 valence electrons. The van der Waals surface area contributed by atoms with Crippen LogP contribution in [0, 0.1) is 0 Å². The quantitative estimate of drug-likeness (QED) is 0.755. The van der Waals surface area contributed by atoms with Crippen LogP contribution in [0.15, 0.2) is 48.5 Å². The van der Waals surface area contributed by atoms with Crippen molar-refractivity contribution in [3.8, 4) is 0 Å². The van der Waals surface area contributed by atoms with Gasteiger partial charge in [0.15, 0.2) is 0 Å². The van der Waals surface area contributed by atoms with Crippen molar-refractivity contribution in [1.82, 2.24) is 5.32 Å². The van der Waals surface area contributed by atoms with Crippen molar-refractivity contribution in [3.63, 3.8) is 0 Å². The van der Waals surface area contributed by atoms with Crippen molar-refractivity contribution in [3.05, 3.63) is 59.7 Å². The topological polar surface area (TPSA) is 67.2 Å².